The van der Waals surface area contributed by atoms with Gasteiger partial charge in [-0.15, -0.1) is 6.58 Å². The van der Waals surface area contributed by atoms with Gasteiger partial charge in [-0.1, -0.05) is 50.3 Å². The van der Waals surface area contributed by atoms with Crippen molar-refractivity contribution in [3.05, 3.63) is 48.6 Å². The molecule has 3 aliphatic carbocycles. The number of allylic oxidation sites excluding steroid dienone is 1. The second-order valence-corrected chi connectivity index (χ2v) is 6.99. The fraction of sp³-hybridized carbons (Fsp3) is 0.556. The average molecular weight is 238 g/mol. The first kappa shape index (κ1) is 10.8. The van der Waals surface area contributed by atoms with E-state index in [0.717, 1.165) is 11.8 Å². The zero-order chi connectivity index (χ0) is 12.6. The van der Waals surface area contributed by atoms with Crippen molar-refractivity contribution in [2.75, 3.05) is 0 Å². The summed E-state index contributed by atoms with van der Waals surface area (Å²) in [5.41, 5.74) is 3.06. The molecule has 94 valence electrons. The van der Waals surface area contributed by atoms with Gasteiger partial charge in [-0.25, -0.2) is 0 Å². The van der Waals surface area contributed by atoms with Crippen LogP contribution in [0.1, 0.15) is 38.7 Å². The predicted molar refractivity (Wildman–Crippen MR) is 75.4 cm³/mol. The summed E-state index contributed by atoms with van der Waals surface area (Å²) in [5, 5.41) is 0. The van der Waals surface area contributed by atoms with Gasteiger partial charge >= 0.3 is 0 Å². The van der Waals surface area contributed by atoms with Gasteiger partial charge in [-0.2, -0.15) is 0 Å². The third-order valence-electron chi connectivity index (χ3n) is 7.13. The highest BCUT2D eigenvalue weighted by Crippen LogP contribution is 2.97. The Hall–Kier alpha value is -1.04. The predicted octanol–water partition coefficient (Wildman–Crippen LogP) is 4.57. The molecule has 0 spiro atoms. The van der Waals surface area contributed by atoms with Crippen LogP contribution in [0.3, 0.4) is 0 Å². The molecule has 0 bridgehead atoms. The monoisotopic (exact) mass is 238 g/mol. The summed E-state index contributed by atoms with van der Waals surface area (Å²) in [5.74, 6) is 1.94. The number of benzene rings is 1. The quantitative estimate of drug-likeness (QED) is 0.677. The lowest BCUT2D eigenvalue weighted by atomic mass is 9.46. The van der Waals surface area contributed by atoms with Crippen molar-refractivity contribution in [3.63, 3.8) is 0 Å². The largest absolute Gasteiger partial charge is 0.103 e. The van der Waals surface area contributed by atoms with Gasteiger partial charge in [0.1, 0.15) is 0 Å². The molecular weight excluding hydrogens is 216 g/mol. The molecule has 4 rings (SSSR count). The standard InChI is InChI=1S/C18H22/c1-4-12-16(2)17(3)14-10-11-15(14)18(16,17)13-8-6-5-7-9-13/h4-9,14-15H,1,10-12H2,2-3H3/t14-,15-,16-,17+,18+/m0/s1. The average Bonchev–Trinajstić information content (AvgIpc) is 2.69. The Morgan fingerprint density at radius 1 is 1.17 bits per heavy atom. The van der Waals surface area contributed by atoms with E-state index in [1.54, 1.807) is 5.56 Å². The fourth-order valence-corrected chi connectivity index (χ4v) is 6.36. The zero-order valence-electron chi connectivity index (χ0n) is 11.4. The van der Waals surface area contributed by atoms with Crippen LogP contribution >= 0.6 is 0 Å². The van der Waals surface area contributed by atoms with Crippen molar-refractivity contribution in [2.45, 2.75) is 38.5 Å². The van der Waals surface area contributed by atoms with Crippen LogP contribution in [-0.2, 0) is 5.41 Å². The van der Waals surface area contributed by atoms with Crippen LogP contribution in [0.4, 0.5) is 0 Å². The normalized spacial score (nSPS) is 51.4. The first-order valence-corrected chi connectivity index (χ1v) is 7.31. The summed E-state index contributed by atoms with van der Waals surface area (Å²) in [7, 11) is 0. The maximum atomic E-state index is 4.01. The van der Waals surface area contributed by atoms with E-state index in [2.05, 4.69) is 56.8 Å². The van der Waals surface area contributed by atoms with Gasteiger partial charge in [0, 0.05) is 5.41 Å². The van der Waals surface area contributed by atoms with Crippen molar-refractivity contribution in [3.8, 4) is 0 Å². The van der Waals surface area contributed by atoms with E-state index >= 15 is 0 Å². The molecule has 0 heterocycles. The van der Waals surface area contributed by atoms with E-state index in [4.69, 9.17) is 0 Å². The highest BCUT2D eigenvalue weighted by molar-refractivity contribution is 5.55. The molecule has 3 fully saturated rings. The Kier molecular flexibility index (Phi) is 1.76. The summed E-state index contributed by atoms with van der Waals surface area (Å²) in [6.07, 6.45) is 6.23. The van der Waals surface area contributed by atoms with Crippen LogP contribution < -0.4 is 0 Å². The van der Waals surface area contributed by atoms with Crippen LogP contribution in [-0.4, -0.2) is 0 Å². The third kappa shape index (κ3) is 0.735. The number of hydrogen-bond acceptors (Lipinski definition) is 0. The smallest absolute Gasteiger partial charge is 0.0108 e. The summed E-state index contributed by atoms with van der Waals surface area (Å²) < 4.78 is 0. The SMILES string of the molecule is C=CC[C@@]1(C)[C@@]2(C)[C@H]3CC[C@@H]3[C@]12c1ccccc1. The topological polar surface area (TPSA) is 0 Å². The van der Waals surface area contributed by atoms with Crippen LogP contribution in [0, 0.1) is 22.7 Å². The molecule has 0 amide bonds. The minimum absolute atomic E-state index is 0.453. The number of hydrogen-bond donors (Lipinski definition) is 0. The molecule has 3 saturated carbocycles. The highest BCUT2D eigenvalue weighted by atomic mass is 15.0. The molecule has 0 aliphatic heterocycles. The summed E-state index contributed by atoms with van der Waals surface area (Å²) in [6.45, 7) is 9.07. The highest BCUT2D eigenvalue weighted by Gasteiger charge is 2.95. The van der Waals surface area contributed by atoms with E-state index in [1.165, 1.54) is 19.3 Å². The Morgan fingerprint density at radius 3 is 2.39 bits per heavy atom. The minimum Gasteiger partial charge on any atom is -0.103 e. The molecule has 0 N–H and O–H groups in total. The van der Waals surface area contributed by atoms with Gasteiger partial charge in [0.25, 0.3) is 0 Å². The summed E-state index contributed by atoms with van der Waals surface area (Å²) in [4.78, 5) is 0. The molecule has 18 heavy (non-hydrogen) atoms. The van der Waals surface area contributed by atoms with Crippen LogP contribution in [0.2, 0.25) is 0 Å². The van der Waals surface area contributed by atoms with E-state index in [9.17, 15) is 0 Å². The van der Waals surface area contributed by atoms with Crippen molar-refractivity contribution in [1.82, 2.24) is 0 Å². The van der Waals surface area contributed by atoms with Crippen molar-refractivity contribution in [2.24, 2.45) is 22.7 Å². The molecule has 0 aromatic heterocycles. The molecule has 0 unspecified atom stereocenters. The summed E-state index contributed by atoms with van der Waals surface area (Å²) in [6, 6.07) is 11.3. The lowest BCUT2D eigenvalue weighted by molar-refractivity contribution is -0.0483. The van der Waals surface area contributed by atoms with Crippen molar-refractivity contribution >= 4 is 0 Å². The molecule has 0 nitrogen and oxygen atoms in total. The van der Waals surface area contributed by atoms with E-state index in [-0.39, 0.29) is 0 Å². The van der Waals surface area contributed by atoms with Gasteiger partial charge in [0.2, 0.25) is 0 Å². The zero-order valence-corrected chi connectivity index (χ0v) is 11.4. The van der Waals surface area contributed by atoms with E-state index in [1.807, 2.05) is 0 Å². The van der Waals surface area contributed by atoms with Crippen LogP contribution in [0.15, 0.2) is 43.0 Å². The van der Waals surface area contributed by atoms with E-state index < -0.39 is 0 Å². The lowest BCUT2D eigenvalue weighted by Crippen LogP contribution is -2.54. The van der Waals surface area contributed by atoms with Gasteiger partial charge in [-0.3, -0.25) is 0 Å². The Labute approximate surface area is 110 Å². The molecule has 1 aromatic carbocycles. The fourth-order valence-electron chi connectivity index (χ4n) is 6.36. The maximum Gasteiger partial charge on any atom is 0.0108 e. The van der Waals surface area contributed by atoms with Crippen LogP contribution in [0.25, 0.3) is 0 Å². The van der Waals surface area contributed by atoms with Crippen molar-refractivity contribution in [1.29, 1.82) is 0 Å². The Balaban J connectivity index is 1.87. The lowest BCUT2D eigenvalue weighted by Gasteiger charge is -2.58. The molecule has 0 heteroatoms. The molecule has 3 aliphatic rings. The van der Waals surface area contributed by atoms with Gasteiger partial charge in [-0.05, 0) is 47.5 Å². The number of rotatable bonds is 3. The van der Waals surface area contributed by atoms with Crippen molar-refractivity contribution < 1.29 is 0 Å². The molecule has 0 saturated heterocycles. The minimum atomic E-state index is 0.453. The van der Waals surface area contributed by atoms with Gasteiger partial charge < -0.3 is 0 Å². The third-order valence-corrected chi connectivity index (χ3v) is 7.13. The second-order valence-electron chi connectivity index (χ2n) is 6.99. The maximum absolute atomic E-state index is 4.01. The summed E-state index contributed by atoms with van der Waals surface area (Å²) >= 11 is 0. The Bertz CT molecular complexity index is 516. The number of fused-ring (bicyclic) bond motifs is 4. The van der Waals surface area contributed by atoms with Crippen LogP contribution in [0.5, 0.6) is 0 Å². The molecule has 0 radical (unpaired) electrons. The second kappa shape index (κ2) is 2.92. The Morgan fingerprint density at radius 2 is 1.83 bits per heavy atom. The first-order chi connectivity index (χ1) is 8.64. The van der Waals surface area contributed by atoms with Gasteiger partial charge in [0.15, 0.2) is 0 Å². The molecular formula is C18H22. The van der Waals surface area contributed by atoms with Gasteiger partial charge in [0.05, 0.1) is 0 Å². The molecule has 1 aromatic rings. The first-order valence-electron chi connectivity index (χ1n) is 7.31. The van der Waals surface area contributed by atoms with E-state index in [0.29, 0.717) is 16.2 Å². The molecule has 5 atom stereocenters.